The molecule has 0 atom stereocenters. The molecule has 8 nitrogen and oxygen atoms in total. The predicted molar refractivity (Wildman–Crippen MR) is 96.4 cm³/mol. The van der Waals surface area contributed by atoms with E-state index in [0.717, 1.165) is 11.6 Å². The molecule has 1 aromatic carbocycles. The maximum atomic E-state index is 12.7. The molecule has 0 N–H and O–H groups in total. The number of sulfonamides is 1. The summed E-state index contributed by atoms with van der Waals surface area (Å²) in [4.78, 5) is 16.4. The third-order valence-corrected chi connectivity index (χ3v) is 6.31. The lowest BCUT2D eigenvalue weighted by molar-refractivity contribution is -0.385. The predicted octanol–water partition coefficient (Wildman–Crippen LogP) is 2.15. The fraction of sp³-hybridized carbons (Fsp3) is 0.312. The molecule has 0 bridgehead atoms. The molecule has 0 spiro atoms. The molecule has 1 aromatic heterocycles. The number of non-ortho nitro benzene ring substituents is 1. The highest BCUT2D eigenvalue weighted by Crippen LogP contribution is 2.22. The van der Waals surface area contributed by atoms with Crippen molar-refractivity contribution in [2.45, 2.75) is 11.4 Å². The summed E-state index contributed by atoms with van der Waals surface area (Å²) in [5.41, 5.74) is 0.768. The Morgan fingerprint density at radius 3 is 2.50 bits per heavy atom. The fourth-order valence-corrected chi connectivity index (χ4v) is 4.37. The Kier molecular flexibility index (Phi) is 5.52. The summed E-state index contributed by atoms with van der Waals surface area (Å²) in [7, 11) is -3.75. The molecular weight excluding hydrogens is 380 g/mol. The van der Waals surface area contributed by atoms with Crippen molar-refractivity contribution in [3.63, 3.8) is 0 Å². The molecule has 26 heavy (non-hydrogen) atoms. The molecule has 138 valence electrons. The molecule has 0 unspecified atom stereocenters. The van der Waals surface area contributed by atoms with Crippen LogP contribution in [0.1, 0.15) is 5.56 Å². The Labute approximate surface area is 156 Å². The minimum atomic E-state index is -3.75. The number of benzene rings is 1. The quantitative estimate of drug-likeness (QED) is 0.436. The van der Waals surface area contributed by atoms with Gasteiger partial charge in [0.05, 0.1) is 9.82 Å². The summed E-state index contributed by atoms with van der Waals surface area (Å²) in [6.07, 6.45) is 1.70. The second-order valence-corrected chi connectivity index (χ2v) is 8.25. The molecule has 1 fully saturated rings. The van der Waals surface area contributed by atoms with Gasteiger partial charge in [-0.05, 0) is 17.7 Å². The number of piperazine rings is 1. The number of hydrogen-bond donors (Lipinski definition) is 0. The number of hydrogen-bond acceptors (Lipinski definition) is 6. The van der Waals surface area contributed by atoms with Gasteiger partial charge >= 0.3 is 0 Å². The number of rotatable bonds is 5. The summed E-state index contributed by atoms with van der Waals surface area (Å²) in [6, 6.07) is 8.75. The zero-order valence-corrected chi connectivity index (χ0v) is 15.4. The van der Waals surface area contributed by atoms with Crippen molar-refractivity contribution in [2.24, 2.45) is 0 Å². The SMILES string of the molecule is O=[N+]([O-])c1cccc(S(=O)(=O)N2CCN(Cc3ccc(Cl)nc3)CC2)c1. The molecule has 0 amide bonds. The number of halogens is 1. The molecular formula is C16H17ClN4O4S. The van der Waals surface area contributed by atoms with Crippen molar-refractivity contribution >= 4 is 27.3 Å². The smallest absolute Gasteiger partial charge is 0.270 e. The van der Waals surface area contributed by atoms with Gasteiger partial charge in [0.25, 0.3) is 5.69 Å². The van der Waals surface area contributed by atoms with Gasteiger partial charge in [0, 0.05) is 51.1 Å². The fourth-order valence-electron chi connectivity index (χ4n) is 2.79. The zero-order chi connectivity index (χ0) is 18.7. The van der Waals surface area contributed by atoms with E-state index in [-0.39, 0.29) is 10.6 Å². The first-order chi connectivity index (χ1) is 12.4. The molecule has 0 aliphatic carbocycles. The minimum Gasteiger partial charge on any atom is -0.296 e. The number of pyridine rings is 1. The maximum Gasteiger partial charge on any atom is 0.270 e. The molecule has 0 saturated carbocycles. The third-order valence-electron chi connectivity index (χ3n) is 4.19. The lowest BCUT2D eigenvalue weighted by Crippen LogP contribution is -2.48. The van der Waals surface area contributed by atoms with Crippen LogP contribution in [0.4, 0.5) is 5.69 Å². The lowest BCUT2D eigenvalue weighted by Gasteiger charge is -2.33. The molecule has 2 heterocycles. The van der Waals surface area contributed by atoms with Gasteiger partial charge in [-0.15, -0.1) is 0 Å². The number of nitro benzene ring substituents is 1. The van der Waals surface area contributed by atoms with Crippen LogP contribution in [0.3, 0.4) is 0 Å². The molecule has 1 aliphatic rings. The first kappa shape index (κ1) is 18.7. The van der Waals surface area contributed by atoms with Crippen LogP contribution in [0, 0.1) is 10.1 Å². The Morgan fingerprint density at radius 1 is 1.15 bits per heavy atom. The number of aromatic nitrogens is 1. The van der Waals surface area contributed by atoms with E-state index in [4.69, 9.17) is 11.6 Å². The van der Waals surface area contributed by atoms with Gasteiger partial charge in [-0.1, -0.05) is 23.7 Å². The molecule has 1 aliphatic heterocycles. The normalized spacial score (nSPS) is 16.5. The van der Waals surface area contributed by atoms with Gasteiger partial charge in [-0.3, -0.25) is 15.0 Å². The summed E-state index contributed by atoms with van der Waals surface area (Å²) >= 11 is 5.77. The second kappa shape index (κ2) is 7.67. The van der Waals surface area contributed by atoms with E-state index in [2.05, 4.69) is 9.88 Å². The Hall–Kier alpha value is -2.07. The van der Waals surface area contributed by atoms with Crippen LogP contribution in [0.5, 0.6) is 0 Å². The highest BCUT2D eigenvalue weighted by molar-refractivity contribution is 7.89. The van der Waals surface area contributed by atoms with Crippen LogP contribution in [-0.2, 0) is 16.6 Å². The Balaban J connectivity index is 1.66. The lowest BCUT2D eigenvalue weighted by atomic mass is 10.2. The molecule has 2 aromatic rings. The summed E-state index contributed by atoms with van der Waals surface area (Å²) in [5, 5.41) is 11.3. The highest BCUT2D eigenvalue weighted by atomic mass is 35.5. The summed E-state index contributed by atoms with van der Waals surface area (Å²) < 4.78 is 26.8. The van der Waals surface area contributed by atoms with E-state index in [1.807, 2.05) is 6.07 Å². The van der Waals surface area contributed by atoms with Gasteiger partial charge in [0.2, 0.25) is 10.0 Å². The van der Waals surface area contributed by atoms with Crippen LogP contribution >= 0.6 is 11.6 Å². The van der Waals surface area contributed by atoms with E-state index >= 15 is 0 Å². The summed E-state index contributed by atoms with van der Waals surface area (Å²) in [5.74, 6) is 0. The van der Waals surface area contributed by atoms with Gasteiger partial charge in [0.15, 0.2) is 0 Å². The maximum absolute atomic E-state index is 12.7. The zero-order valence-electron chi connectivity index (χ0n) is 13.8. The Morgan fingerprint density at radius 2 is 1.88 bits per heavy atom. The van der Waals surface area contributed by atoms with Gasteiger partial charge < -0.3 is 0 Å². The largest absolute Gasteiger partial charge is 0.296 e. The molecule has 3 rings (SSSR count). The van der Waals surface area contributed by atoms with Crippen LogP contribution < -0.4 is 0 Å². The van der Waals surface area contributed by atoms with Crippen molar-refractivity contribution in [1.29, 1.82) is 0 Å². The first-order valence-corrected chi connectivity index (χ1v) is 9.75. The van der Waals surface area contributed by atoms with Crippen molar-refractivity contribution < 1.29 is 13.3 Å². The summed E-state index contributed by atoms with van der Waals surface area (Å²) in [6.45, 7) is 2.44. The van der Waals surface area contributed by atoms with E-state index < -0.39 is 14.9 Å². The van der Waals surface area contributed by atoms with E-state index in [0.29, 0.717) is 37.9 Å². The van der Waals surface area contributed by atoms with Crippen LogP contribution in [0.2, 0.25) is 5.15 Å². The number of nitro groups is 1. The van der Waals surface area contributed by atoms with Crippen LogP contribution in [-0.4, -0.2) is 53.7 Å². The standard InChI is InChI=1S/C16H17ClN4O4S/c17-16-5-4-13(11-18-16)12-19-6-8-20(9-7-19)26(24,25)15-3-1-2-14(10-15)21(22)23/h1-5,10-11H,6-9,12H2. The first-order valence-electron chi connectivity index (χ1n) is 7.93. The van der Waals surface area contributed by atoms with Crippen molar-refractivity contribution in [3.05, 3.63) is 63.4 Å². The van der Waals surface area contributed by atoms with E-state index in [9.17, 15) is 18.5 Å². The second-order valence-electron chi connectivity index (χ2n) is 5.92. The molecule has 10 heteroatoms. The van der Waals surface area contributed by atoms with Crippen LogP contribution in [0.15, 0.2) is 47.5 Å². The molecule has 0 radical (unpaired) electrons. The van der Waals surface area contributed by atoms with E-state index in [1.54, 1.807) is 12.3 Å². The van der Waals surface area contributed by atoms with Gasteiger partial charge in [0.1, 0.15) is 5.15 Å². The monoisotopic (exact) mass is 396 g/mol. The highest BCUT2D eigenvalue weighted by Gasteiger charge is 2.29. The van der Waals surface area contributed by atoms with Gasteiger partial charge in [-0.25, -0.2) is 13.4 Å². The number of nitrogens with zero attached hydrogens (tertiary/aromatic N) is 4. The van der Waals surface area contributed by atoms with Gasteiger partial charge in [-0.2, -0.15) is 4.31 Å². The third kappa shape index (κ3) is 4.18. The van der Waals surface area contributed by atoms with Crippen LogP contribution in [0.25, 0.3) is 0 Å². The Bertz CT molecular complexity index is 897. The van der Waals surface area contributed by atoms with E-state index in [1.165, 1.54) is 22.5 Å². The average molecular weight is 397 g/mol. The van der Waals surface area contributed by atoms with Crippen molar-refractivity contribution in [3.8, 4) is 0 Å². The van der Waals surface area contributed by atoms with Crippen molar-refractivity contribution in [2.75, 3.05) is 26.2 Å². The average Bonchev–Trinajstić information content (AvgIpc) is 2.64. The van der Waals surface area contributed by atoms with Crippen molar-refractivity contribution in [1.82, 2.24) is 14.2 Å². The molecule has 1 saturated heterocycles. The minimum absolute atomic E-state index is 0.0537. The topological polar surface area (TPSA) is 96.6 Å².